The third kappa shape index (κ3) is 6.39. The molecule has 1 atom stereocenters. The first kappa shape index (κ1) is 27.1. The van der Waals surface area contributed by atoms with Gasteiger partial charge < -0.3 is 25.2 Å². The Balaban J connectivity index is 1.67. The Labute approximate surface area is 202 Å². The number of nitrogens with two attached hydrogens (primary N) is 1. The van der Waals surface area contributed by atoms with Crippen molar-refractivity contribution in [3.05, 3.63) is 34.7 Å². The summed E-state index contributed by atoms with van der Waals surface area (Å²) in [5, 5.41) is 5.81. The summed E-state index contributed by atoms with van der Waals surface area (Å²) in [6, 6.07) is 1.94. The van der Waals surface area contributed by atoms with Crippen molar-refractivity contribution in [2.75, 3.05) is 33.4 Å². The van der Waals surface area contributed by atoms with Crippen molar-refractivity contribution in [3.8, 4) is 10.7 Å². The van der Waals surface area contributed by atoms with Crippen molar-refractivity contribution in [2.24, 2.45) is 10.7 Å². The molecule has 1 saturated heterocycles. The molecular weight excluding hydrogens is 522 g/mol. The van der Waals surface area contributed by atoms with E-state index in [4.69, 9.17) is 10.5 Å². The molecule has 0 aliphatic carbocycles. The minimum absolute atomic E-state index is 0.0136. The first-order valence-corrected chi connectivity index (χ1v) is 10.8. The van der Waals surface area contributed by atoms with Crippen LogP contribution in [0.1, 0.15) is 15.6 Å². The summed E-state index contributed by atoms with van der Waals surface area (Å²) in [6.45, 7) is -0.000825. The molecule has 2 amide bonds. The lowest BCUT2D eigenvalue weighted by Gasteiger charge is -2.35. The fraction of sp³-hybridized carbons (Fsp3) is 0.421. The van der Waals surface area contributed by atoms with Gasteiger partial charge in [0.05, 0.1) is 29.0 Å². The molecule has 0 saturated carbocycles. The molecule has 0 aromatic carbocycles. The van der Waals surface area contributed by atoms with Crippen LogP contribution >= 0.6 is 11.3 Å². The van der Waals surface area contributed by atoms with E-state index < -0.39 is 47.5 Å². The average molecular weight is 540 g/mol. The predicted molar refractivity (Wildman–Crippen MR) is 113 cm³/mol. The van der Waals surface area contributed by atoms with E-state index in [1.54, 1.807) is 0 Å². The van der Waals surface area contributed by atoms with Crippen LogP contribution in [0.3, 0.4) is 0 Å². The van der Waals surface area contributed by atoms with Crippen molar-refractivity contribution >= 4 is 28.9 Å². The largest absolute Gasteiger partial charge is 0.471 e. The molecule has 1 aliphatic heterocycles. The highest BCUT2D eigenvalue weighted by molar-refractivity contribution is 7.17. The number of aromatic nitrogens is 2. The number of nitrogens with zero attached hydrogens (tertiary/aromatic N) is 4. The maximum atomic E-state index is 12.8. The van der Waals surface area contributed by atoms with Gasteiger partial charge in [0.15, 0.2) is 0 Å². The second-order valence-corrected chi connectivity index (χ2v) is 8.31. The van der Waals surface area contributed by atoms with Crippen LogP contribution in [0.25, 0.3) is 10.7 Å². The number of halogens is 6. The highest BCUT2D eigenvalue weighted by Gasteiger charge is 2.39. The molecule has 1 aliphatic rings. The molecule has 0 bridgehead atoms. The van der Waals surface area contributed by atoms with Crippen molar-refractivity contribution in [2.45, 2.75) is 18.4 Å². The molecule has 1 fully saturated rings. The summed E-state index contributed by atoms with van der Waals surface area (Å²) in [5.41, 5.74) is 2.97. The third-order valence-electron chi connectivity index (χ3n) is 4.78. The molecule has 2 aromatic rings. The Morgan fingerprint density at radius 2 is 2.03 bits per heavy atom. The lowest BCUT2D eigenvalue weighted by Crippen LogP contribution is -2.55. The van der Waals surface area contributed by atoms with Gasteiger partial charge in [-0.25, -0.2) is 0 Å². The Morgan fingerprint density at radius 1 is 1.31 bits per heavy atom. The number of hydrogen-bond donors (Lipinski definition) is 2. The number of amides is 2. The molecule has 3 rings (SSSR count). The topological polar surface area (TPSA) is 136 Å². The second kappa shape index (κ2) is 10.7. The zero-order chi connectivity index (χ0) is 26.7. The molecular formula is C19H18F6N6O4S. The maximum Gasteiger partial charge on any atom is 0.471 e. The van der Waals surface area contributed by atoms with Gasteiger partial charge in [0.1, 0.15) is 11.4 Å². The van der Waals surface area contributed by atoms with Crippen molar-refractivity contribution in [3.63, 3.8) is 0 Å². The highest BCUT2D eigenvalue weighted by atomic mass is 32.1. The van der Waals surface area contributed by atoms with Crippen LogP contribution in [0, 0.1) is 0 Å². The summed E-state index contributed by atoms with van der Waals surface area (Å²) in [5.74, 6) is -3.32. The minimum atomic E-state index is -4.84. The molecule has 10 nitrogen and oxygen atoms in total. The van der Waals surface area contributed by atoms with Gasteiger partial charge in [-0.3, -0.25) is 14.6 Å². The Hall–Kier alpha value is -3.47. The molecule has 3 N–H and O–H groups in total. The number of nitrogens with one attached hydrogen (secondary N) is 1. The van der Waals surface area contributed by atoms with Crippen molar-refractivity contribution < 1.29 is 45.2 Å². The van der Waals surface area contributed by atoms with Crippen LogP contribution in [0.15, 0.2) is 33.4 Å². The molecule has 3 heterocycles. The van der Waals surface area contributed by atoms with E-state index in [1.807, 2.05) is 0 Å². The van der Waals surface area contributed by atoms with Crippen LogP contribution in [0.5, 0.6) is 0 Å². The maximum absolute atomic E-state index is 12.8. The summed E-state index contributed by atoms with van der Waals surface area (Å²) in [4.78, 5) is 33.7. The number of thiophene rings is 1. The van der Waals surface area contributed by atoms with Gasteiger partial charge in [0.25, 0.3) is 11.8 Å². The molecule has 0 spiro atoms. The van der Waals surface area contributed by atoms with Crippen LogP contribution in [-0.2, 0) is 15.7 Å². The number of carbonyl (C=O) groups is 2. The van der Waals surface area contributed by atoms with Crippen LogP contribution in [0.4, 0.5) is 26.3 Å². The number of carbonyl (C=O) groups excluding carboxylic acids is 2. The smallest absolute Gasteiger partial charge is 0.395 e. The molecule has 36 heavy (non-hydrogen) atoms. The monoisotopic (exact) mass is 540 g/mol. The van der Waals surface area contributed by atoms with Gasteiger partial charge in [0, 0.05) is 20.1 Å². The van der Waals surface area contributed by atoms with Gasteiger partial charge in [-0.1, -0.05) is 5.16 Å². The lowest BCUT2D eigenvalue weighted by atomic mass is 10.1. The number of alkyl halides is 6. The minimum Gasteiger partial charge on any atom is -0.395 e. The normalized spacial score (nSPS) is 17.9. The van der Waals surface area contributed by atoms with E-state index >= 15 is 0 Å². The Morgan fingerprint density at radius 3 is 2.64 bits per heavy atom. The molecule has 2 aromatic heterocycles. The van der Waals surface area contributed by atoms with E-state index in [0.717, 1.165) is 18.4 Å². The first-order chi connectivity index (χ1) is 16.8. The molecule has 196 valence electrons. The average Bonchev–Trinajstić information content (AvgIpc) is 3.50. The van der Waals surface area contributed by atoms with E-state index in [2.05, 4.69) is 25.0 Å². The summed E-state index contributed by atoms with van der Waals surface area (Å²) in [7, 11) is 1.14. The Bertz CT molecular complexity index is 1170. The number of aliphatic imine (C=N–C) groups is 1. The van der Waals surface area contributed by atoms with E-state index in [1.165, 1.54) is 17.0 Å². The van der Waals surface area contributed by atoms with E-state index in [9.17, 15) is 35.9 Å². The van der Waals surface area contributed by atoms with Crippen molar-refractivity contribution in [1.82, 2.24) is 20.4 Å². The first-order valence-electron chi connectivity index (χ1n) is 10.0. The summed E-state index contributed by atoms with van der Waals surface area (Å²) >= 11 is 0.806. The third-order valence-corrected chi connectivity index (χ3v) is 5.86. The Kier molecular flexibility index (Phi) is 8.02. The molecule has 0 radical (unpaired) electrons. The fourth-order valence-corrected chi connectivity index (χ4v) is 3.85. The predicted octanol–water partition coefficient (Wildman–Crippen LogP) is 2.25. The number of ether oxygens (including phenoxy) is 1. The quantitative estimate of drug-likeness (QED) is 0.424. The van der Waals surface area contributed by atoms with Gasteiger partial charge in [0.2, 0.25) is 5.82 Å². The number of morpholine rings is 1. The number of allylic oxidation sites excluding steroid dienone is 1. The zero-order valence-corrected chi connectivity index (χ0v) is 19.1. The van der Waals surface area contributed by atoms with Gasteiger partial charge >= 0.3 is 18.2 Å². The highest BCUT2D eigenvalue weighted by Crippen LogP contribution is 2.31. The van der Waals surface area contributed by atoms with Gasteiger partial charge in [-0.15, -0.1) is 11.3 Å². The van der Waals surface area contributed by atoms with Crippen LogP contribution in [0.2, 0.25) is 0 Å². The second-order valence-electron chi connectivity index (χ2n) is 7.23. The zero-order valence-electron chi connectivity index (χ0n) is 18.3. The van der Waals surface area contributed by atoms with Crippen LogP contribution in [-0.4, -0.2) is 78.1 Å². The SMILES string of the molecule is CN=C(C=C(N)C(F)(F)F)C(=O)N1CCOCC1CNC(=O)c1ccc(-c2noc(C(F)(F)F)n2)s1. The number of hydrogen-bond acceptors (Lipinski definition) is 9. The van der Waals surface area contributed by atoms with E-state index in [-0.39, 0.29) is 41.9 Å². The summed E-state index contributed by atoms with van der Waals surface area (Å²) < 4.78 is 85.7. The van der Waals surface area contributed by atoms with Gasteiger partial charge in [-0.05, 0) is 18.2 Å². The summed E-state index contributed by atoms with van der Waals surface area (Å²) in [6.07, 6.45) is -9.22. The standard InChI is InChI=1S/C19H18F6N6O4S/c1-27-10(6-13(26)18(20,21)22)16(33)31-4-5-34-8-9(31)7-28-15(32)12-3-2-11(36-12)14-29-17(35-30-14)19(23,24)25/h2-3,6,9H,4-5,7-8,26H2,1H3,(H,28,32). The van der Waals surface area contributed by atoms with E-state index in [0.29, 0.717) is 6.08 Å². The molecule has 1 unspecified atom stereocenters. The lowest BCUT2D eigenvalue weighted by molar-refractivity contribution is -0.159. The molecule has 17 heteroatoms. The van der Waals surface area contributed by atoms with Crippen molar-refractivity contribution in [1.29, 1.82) is 0 Å². The van der Waals surface area contributed by atoms with Gasteiger partial charge in [-0.2, -0.15) is 31.3 Å². The van der Waals surface area contributed by atoms with Crippen LogP contribution < -0.4 is 11.1 Å². The number of rotatable bonds is 6. The fourth-order valence-electron chi connectivity index (χ4n) is 3.01.